The Hall–Kier alpha value is -1.51. The molecule has 0 radical (unpaired) electrons. The highest BCUT2D eigenvalue weighted by molar-refractivity contribution is 5.81. The Morgan fingerprint density at radius 2 is 2.06 bits per heavy atom. The minimum absolute atomic E-state index is 0.764. The summed E-state index contributed by atoms with van der Waals surface area (Å²) in [6.07, 6.45) is 5.69. The summed E-state index contributed by atoms with van der Waals surface area (Å²) in [5.74, 6) is 1.73. The van der Waals surface area contributed by atoms with Gasteiger partial charge in [0, 0.05) is 0 Å². The first-order valence-electron chi connectivity index (χ1n) is 6.67. The second kappa shape index (κ2) is 6.43. The fraction of sp³-hybridized carbons (Fsp3) is 0.533. The van der Waals surface area contributed by atoms with Gasteiger partial charge in [-0.1, -0.05) is 23.7 Å². The van der Waals surface area contributed by atoms with Crippen molar-refractivity contribution in [3.63, 3.8) is 0 Å². The van der Waals surface area contributed by atoms with Crippen LogP contribution in [0.25, 0.3) is 0 Å². The largest absolute Gasteiger partial charge is 0.493 e. The molecule has 0 unspecified atom stereocenters. The predicted octanol–water partition coefficient (Wildman–Crippen LogP) is 3.65. The number of aryl methyl sites for hydroxylation is 1. The van der Waals surface area contributed by atoms with Gasteiger partial charge in [0.15, 0.2) is 0 Å². The molecule has 98 valence electrons. The molecule has 0 bridgehead atoms. The number of benzene rings is 1. The zero-order valence-corrected chi connectivity index (χ0v) is 10.9. The van der Waals surface area contributed by atoms with E-state index < -0.39 is 0 Å². The summed E-state index contributed by atoms with van der Waals surface area (Å²) in [6, 6.07) is 8.22. The number of rotatable bonds is 6. The monoisotopic (exact) mass is 247 g/mol. The van der Waals surface area contributed by atoms with Gasteiger partial charge in [0.2, 0.25) is 0 Å². The maximum atomic E-state index is 8.58. The summed E-state index contributed by atoms with van der Waals surface area (Å²) < 4.78 is 5.75. The normalized spacial score (nSPS) is 16.4. The first kappa shape index (κ1) is 12.9. The molecule has 1 N–H and O–H groups in total. The molecule has 0 aliphatic heterocycles. The molecular formula is C15H21NO2. The predicted molar refractivity (Wildman–Crippen MR) is 72.5 cm³/mol. The van der Waals surface area contributed by atoms with Gasteiger partial charge in [-0.3, -0.25) is 0 Å². The number of nitrogens with zero attached hydrogens (tertiary/aromatic N) is 1. The molecule has 1 aromatic carbocycles. The summed E-state index contributed by atoms with van der Waals surface area (Å²) >= 11 is 0. The van der Waals surface area contributed by atoms with Gasteiger partial charge in [-0.2, -0.15) is 0 Å². The van der Waals surface area contributed by atoms with E-state index >= 15 is 0 Å². The molecule has 0 spiro atoms. The molecule has 1 aliphatic carbocycles. The lowest BCUT2D eigenvalue weighted by Gasteiger charge is -2.25. The van der Waals surface area contributed by atoms with Crippen molar-refractivity contribution in [3.05, 3.63) is 29.8 Å². The van der Waals surface area contributed by atoms with Crippen LogP contribution in [0.4, 0.5) is 0 Å². The molecule has 0 aromatic heterocycles. The van der Waals surface area contributed by atoms with Crippen LogP contribution in [0.2, 0.25) is 0 Å². The Kier molecular flexibility index (Phi) is 4.62. The highest BCUT2D eigenvalue weighted by atomic mass is 16.5. The van der Waals surface area contributed by atoms with Gasteiger partial charge in [-0.15, -0.1) is 0 Å². The van der Waals surface area contributed by atoms with Crippen LogP contribution in [0.5, 0.6) is 5.75 Å². The average molecular weight is 247 g/mol. The third-order valence-electron chi connectivity index (χ3n) is 3.58. The molecule has 1 aliphatic rings. The van der Waals surface area contributed by atoms with Crippen molar-refractivity contribution in [2.45, 2.75) is 39.0 Å². The van der Waals surface area contributed by atoms with Gasteiger partial charge >= 0.3 is 0 Å². The molecule has 0 saturated heterocycles. The van der Waals surface area contributed by atoms with Gasteiger partial charge in [0.1, 0.15) is 5.75 Å². The molecule has 1 fully saturated rings. The van der Waals surface area contributed by atoms with E-state index in [1.807, 2.05) is 19.1 Å². The molecule has 3 nitrogen and oxygen atoms in total. The van der Waals surface area contributed by atoms with Crippen molar-refractivity contribution in [1.82, 2.24) is 0 Å². The van der Waals surface area contributed by atoms with Gasteiger partial charge in [-0.25, -0.2) is 0 Å². The van der Waals surface area contributed by atoms with E-state index in [4.69, 9.17) is 9.94 Å². The molecule has 0 atom stereocenters. The molecule has 0 amide bonds. The smallest absolute Gasteiger partial charge is 0.119 e. The van der Waals surface area contributed by atoms with E-state index in [0.717, 1.165) is 36.8 Å². The Morgan fingerprint density at radius 1 is 1.33 bits per heavy atom. The number of hydrogen-bond acceptors (Lipinski definition) is 3. The summed E-state index contributed by atoms with van der Waals surface area (Å²) in [5.41, 5.74) is 2.01. The van der Waals surface area contributed by atoms with Crippen LogP contribution in [0.15, 0.2) is 29.4 Å². The zero-order valence-electron chi connectivity index (χ0n) is 10.9. The van der Waals surface area contributed by atoms with Gasteiger partial charge in [0.25, 0.3) is 0 Å². The fourth-order valence-electron chi connectivity index (χ4n) is 2.00. The SMILES string of the molecule is CC(CCc1ccc(OCC2CCC2)cc1)=NO. The van der Waals surface area contributed by atoms with Crippen molar-refractivity contribution < 1.29 is 9.94 Å². The molecule has 0 heterocycles. The van der Waals surface area contributed by atoms with E-state index in [9.17, 15) is 0 Å². The van der Waals surface area contributed by atoms with Crippen molar-refractivity contribution in [1.29, 1.82) is 0 Å². The first-order chi connectivity index (χ1) is 8.78. The minimum Gasteiger partial charge on any atom is -0.493 e. The Bertz CT molecular complexity index is 393. The minimum atomic E-state index is 0.764. The third kappa shape index (κ3) is 3.76. The Balaban J connectivity index is 1.77. The van der Waals surface area contributed by atoms with Crippen molar-refractivity contribution in [2.75, 3.05) is 6.61 Å². The molecule has 2 rings (SSSR count). The molecule has 1 saturated carbocycles. The second-order valence-electron chi connectivity index (χ2n) is 5.09. The van der Waals surface area contributed by atoms with Crippen molar-refractivity contribution in [3.8, 4) is 5.75 Å². The topological polar surface area (TPSA) is 41.8 Å². The lowest BCUT2D eigenvalue weighted by atomic mass is 9.86. The quantitative estimate of drug-likeness (QED) is 0.473. The molecular weight excluding hydrogens is 226 g/mol. The van der Waals surface area contributed by atoms with Gasteiger partial charge < -0.3 is 9.94 Å². The van der Waals surface area contributed by atoms with Crippen LogP contribution in [0.1, 0.15) is 38.2 Å². The third-order valence-corrected chi connectivity index (χ3v) is 3.58. The van der Waals surface area contributed by atoms with E-state index in [0.29, 0.717) is 0 Å². The molecule has 18 heavy (non-hydrogen) atoms. The van der Waals surface area contributed by atoms with Crippen LogP contribution in [-0.2, 0) is 6.42 Å². The Morgan fingerprint density at radius 3 is 2.61 bits per heavy atom. The maximum absolute atomic E-state index is 8.58. The molecule has 3 heteroatoms. The van der Waals surface area contributed by atoms with Crippen LogP contribution in [-0.4, -0.2) is 17.5 Å². The first-order valence-corrected chi connectivity index (χ1v) is 6.67. The highest BCUT2D eigenvalue weighted by Crippen LogP contribution is 2.27. The number of oxime groups is 1. The van der Waals surface area contributed by atoms with Crippen LogP contribution < -0.4 is 4.74 Å². The van der Waals surface area contributed by atoms with Crippen LogP contribution in [0.3, 0.4) is 0 Å². The highest BCUT2D eigenvalue weighted by Gasteiger charge is 2.17. The van der Waals surface area contributed by atoms with Crippen molar-refractivity contribution in [2.24, 2.45) is 11.1 Å². The Labute approximate surface area is 108 Å². The van der Waals surface area contributed by atoms with Crippen LogP contribution >= 0.6 is 0 Å². The lowest BCUT2D eigenvalue weighted by Crippen LogP contribution is -2.19. The average Bonchev–Trinajstić information content (AvgIpc) is 2.35. The second-order valence-corrected chi connectivity index (χ2v) is 5.09. The lowest BCUT2D eigenvalue weighted by molar-refractivity contribution is 0.180. The number of ether oxygens (including phenoxy) is 1. The van der Waals surface area contributed by atoms with Crippen LogP contribution in [0, 0.1) is 5.92 Å². The van der Waals surface area contributed by atoms with E-state index in [1.54, 1.807) is 0 Å². The van der Waals surface area contributed by atoms with E-state index in [1.165, 1.54) is 24.8 Å². The van der Waals surface area contributed by atoms with E-state index in [2.05, 4.69) is 17.3 Å². The standard InChI is InChI=1S/C15H21NO2/c1-12(16-17)5-6-13-7-9-15(10-8-13)18-11-14-3-2-4-14/h7-10,14,17H,2-6,11H2,1H3. The number of hydrogen-bond donors (Lipinski definition) is 1. The van der Waals surface area contributed by atoms with Crippen molar-refractivity contribution >= 4 is 5.71 Å². The van der Waals surface area contributed by atoms with Gasteiger partial charge in [-0.05, 0) is 56.2 Å². The maximum Gasteiger partial charge on any atom is 0.119 e. The summed E-state index contributed by atoms with van der Waals surface area (Å²) in [5, 5.41) is 11.8. The fourth-order valence-corrected chi connectivity index (χ4v) is 2.00. The summed E-state index contributed by atoms with van der Waals surface area (Å²) in [6.45, 7) is 2.69. The molecule has 1 aromatic rings. The van der Waals surface area contributed by atoms with Gasteiger partial charge in [0.05, 0.1) is 12.3 Å². The summed E-state index contributed by atoms with van der Waals surface area (Å²) in [7, 11) is 0. The van der Waals surface area contributed by atoms with E-state index in [-0.39, 0.29) is 0 Å². The summed E-state index contributed by atoms with van der Waals surface area (Å²) in [4.78, 5) is 0. The zero-order chi connectivity index (χ0) is 12.8.